The van der Waals surface area contributed by atoms with Gasteiger partial charge in [-0.3, -0.25) is 9.69 Å². The zero-order valence-electron chi connectivity index (χ0n) is 11.0. The summed E-state index contributed by atoms with van der Waals surface area (Å²) in [5.74, 6) is -0.0544. The van der Waals surface area contributed by atoms with Gasteiger partial charge < -0.3 is 16.2 Å². The summed E-state index contributed by atoms with van der Waals surface area (Å²) in [6.45, 7) is 1.36. The summed E-state index contributed by atoms with van der Waals surface area (Å²) >= 11 is 0. The number of amides is 1. The van der Waals surface area contributed by atoms with Gasteiger partial charge in [-0.2, -0.15) is 0 Å². The van der Waals surface area contributed by atoms with Crippen LogP contribution in [0.3, 0.4) is 0 Å². The summed E-state index contributed by atoms with van der Waals surface area (Å²) in [4.78, 5) is 14.1. The first-order valence-electron chi connectivity index (χ1n) is 6.67. The lowest BCUT2D eigenvalue weighted by Gasteiger charge is -2.20. The SMILES string of the molecule is NCc1ccccc1NC(=O)CN(CCO)C1CC1. The molecular formula is C14H21N3O2. The highest BCUT2D eigenvalue weighted by Gasteiger charge is 2.29. The molecule has 1 aliphatic rings. The minimum Gasteiger partial charge on any atom is -0.395 e. The maximum absolute atomic E-state index is 12.0. The first-order chi connectivity index (χ1) is 9.24. The molecule has 2 rings (SSSR count). The van der Waals surface area contributed by atoms with E-state index >= 15 is 0 Å². The van der Waals surface area contributed by atoms with Crippen molar-refractivity contribution >= 4 is 11.6 Å². The van der Waals surface area contributed by atoms with E-state index in [1.165, 1.54) is 0 Å². The third-order valence-corrected chi connectivity index (χ3v) is 3.31. The van der Waals surface area contributed by atoms with Crippen LogP contribution in [-0.4, -0.2) is 41.7 Å². The molecule has 0 aromatic heterocycles. The lowest BCUT2D eigenvalue weighted by Crippen LogP contribution is -2.37. The lowest BCUT2D eigenvalue weighted by atomic mass is 10.2. The topological polar surface area (TPSA) is 78.6 Å². The van der Waals surface area contributed by atoms with E-state index in [2.05, 4.69) is 5.32 Å². The monoisotopic (exact) mass is 263 g/mol. The number of carbonyl (C=O) groups excluding carboxylic acids is 1. The second kappa shape index (κ2) is 6.65. The van der Waals surface area contributed by atoms with Gasteiger partial charge in [0, 0.05) is 24.8 Å². The van der Waals surface area contributed by atoms with Crippen LogP contribution < -0.4 is 11.1 Å². The minimum absolute atomic E-state index is 0.0544. The number of carbonyl (C=O) groups is 1. The van der Waals surface area contributed by atoms with Crippen LogP contribution in [0.2, 0.25) is 0 Å². The fourth-order valence-corrected chi connectivity index (χ4v) is 2.15. The number of hydrogen-bond acceptors (Lipinski definition) is 4. The molecular weight excluding hydrogens is 242 g/mol. The van der Waals surface area contributed by atoms with Gasteiger partial charge in [0.2, 0.25) is 5.91 Å². The zero-order valence-corrected chi connectivity index (χ0v) is 11.0. The van der Waals surface area contributed by atoms with E-state index in [1.54, 1.807) is 0 Å². The highest BCUT2D eigenvalue weighted by Crippen LogP contribution is 2.26. The van der Waals surface area contributed by atoms with Crippen LogP contribution >= 0.6 is 0 Å². The molecule has 0 saturated heterocycles. The zero-order chi connectivity index (χ0) is 13.7. The van der Waals surface area contributed by atoms with Crippen molar-refractivity contribution in [3.05, 3.63) is 29.8 Å². The van der Waals surface area contributed by atoms with Crippen molar-refractivity contribution in [3.63, 3.8) is 0 Å². The van der Waals surface area contributed by atoms with Crippen molar-refractivity contribution in [2.75, 3.05) is 25.0 Å². The van der Waals surface area contributed by atoms with Crippen LogP contribution in [0.5, 0.6) is 0 Å². The Morgan fingerprint density at radius 3 is 2.79 bits per heavy atom. The summed E-state index contributed by atoms with van der Waals surface area (Å²) in [5, 5.41) is 11.9. The molecule has 0 heterocycles. The lowest BCUT2D eigenvalue weighted by molar-refractivity contribution is -0.117. The first-order valence-corrected chi connectivity index (χ1v) is 6.67. The molecule has 19 heavy (non-hydrogen) atoms. The van der Waals surface area contributed by atoms with Gasteiger partial charge in [-0.05, 0) is 24.5 Å². The number of aliphatic hydroxyl groups is 1. The summed E-state index contributed by atoms with van der Waals surface area (Å²) in [7, 11) is 0. The van der Waals surface area contributed by atoms with Crippen molar-refractivity contribution in [2.24, 2.45) is 5.73 Å². The van der Waals surface area contributed by atoms with Gasteiger partial charge in [0.1, 0.15) is 0 Å². The number of anilines is 1. The Labute approximate surface area is 113 Å². The number of nitrogens with two attached hydrogens (primary N) is 1. The van der Waals surface area contributed by atoms with Crippen molar-refractivity contribution in [1.82, 2.24) is 4.90 Å². The molecule has 1 saturated carbocycles. The highest BCUT2D eigenvalue weighted by molar-refractivity contribution is 5.93. The molecule has 5 nitrogen and oxygen atoms in total. The number of nitrogens with zero attached hydrogens (tertiary/aromatic N) is 1. The summed E-state index contributed by atoms with van der Waals surface area (Å²) in [6.07, 6.45) is 2.24. The second-order valence-electron chi connectivity index (χ2n) is 4.83. The number of aliphatic hydroxyl groups excluding tert-OH is 1. The molecule has 0 bridgehead atoms. The van der Waals surface area contributed by atoms with Gasteiger partial charge in [-0.15, -0.1) is 0 Å². The average Bonchev–Trinajstić information content (AvgIpc) is 3.23. The van der Waals surface area contributed by atoms with Gasteiger partial charge in [0.25, 0.3) is 0 Å². The maximum atomic E-state index is 12.0. The molecule has 1 aromatic rings. The predicted octanol–water partition coefficient (Wildman–Crippen LogP) is 0.540. The van der Waals surface area contributed by atoms with Gasteiger partial charge in [0.05, 0.1) is 13.2 Å². The van der Waals surface area contributed by atoms with Crippen molar-refractivity contribution in [3.8, 4) is 0 Å². The second-order valence-corrected chi connectivity index (χ2v) is 4.83. The summed E-state index contributed by atoms with van der Waals surface area (Å²) in [6, 6.07) is 8.00. The van der Waals surface area contributed by atoms with Crippen LogP contribution in [0.15, 0.2) is 24.3 Å². The van der Waals surface area contributed by atoms with Gasteiger partial charge in [-0.25, -0.2) is 0 Å². The first kappa shape index (κ1) is 14.0. The Bertz CT molecular complexity index is 432. The van der Waals surface area contributed by atoms with E-state index in [4.69, 9.17) is 10.8 Å². The molecule has 1 aromatic carbocycles. The number of nitrogens with one attached hydrogen (secondary N) is 1. The molecule has 1 fully saturated rings. The predicted molar refractivity (Wildman–Crippen MR) is 74.6 cm³/mol. The summed E-state index contributed by atoms with van der Waals surface area (Å²) < 4.78 is 0. The molecule has 0 aliphatic heterocycles. The fourth-order valence-electron chi connectivity index (χ4n) is 2.15. The molecule has 104 valence electrons. The van der Waals surface area contributed by atoms with Crippen molar-refractivity contribution in [1.29, 1.82) is 0 Å². The quantitative estimate of drug-likeness (QED) is 0.671. The molecule has 0 atom stereocenters. The number of hydrogen-bond donors (Lipinski definition) is 3. The van der Waals surface area contributed by atoms with E-state index in [-0.39, 0.29) is 12.5 Å². The van der Waals surface area contributed by atoms with E-state index in [9.17, 15) is 4.79 Å². The summed E-state index contributed by atoms with van der Waals surface area (Å²) in [5.41, 5.74) is 7.34. The van der Waals surface area contributed by atoms with Crippen LogP contribution in [0.4, 0.5) is 5.69 Å². The molecule has 1 aliphatic carbocycles. The smallest absolute Gasteiger partial charge is 0.238 e. The third kappa shape index (κ3) is 4.02. The number of para-hydroxylation sites is 1. The Kier molecular flexibility index (Phi) is 4.90. The average molecular weight is 263 g/mol. The van der Waals surface area contributed by atoms with Crippen LogP contribution in [0, 0.1) is 0 Å². The van der Waals surface area contributed by atoms with Crippen LogP contribution in [0.25, 0.3) is 0 Å². The largest absolute Gasteiger partial charge is 0.395 e. The Morgan fingerprint density at radius 1 is 1.42 bits per heavy atom. The van der Waals surface area contributed by atoms with Crippen molar-refractivity contribution in [2.45, 2.75) is 25.4 Å². The van der Waals surface area contributed by atoms with E-state index in [0.29, 0.717) is 25.7 Å². The van der Waals surface area contributed by atoms with Gasteiger partial charge >= 0.3 is 0 Å². The Morgan fingerprint density at radius 2 is 2.16 bits per heavy atom. The van der Waals surface area contributed by atoms with Crippen LogP contribution in [0.1, 0.15) is 18.4 Å². The number of rotatable bonds is 7. The van der Waals surface area contributed by atoms with Crippen LogP contribution in [-0.2, 0) is 11.3 Å². The molecule has 0 unspecified atom stereocenters. The third-order valence-electron chi connectivity index (χ3n) is 3.31. The minimum atomic E-state index is -0.0544. The Balaban J connectivity index is 1.92. The molecule has 5 heteroatoms. The number of benzene rings is 1. The van der Waals surface area contributed by atoms with Gasteiger partial charge in [0.15, 0.2) is 0 Å². The highest BCUT2D eigenvalue weighted by atomic mass is 16.3. The Hall–Kier alpha value is -1.43. The van der Waals surface area contributed by atoms with E-state index in [0.717, 1.165) is 24.1 Å². The van der Waals surface area contributed by atoms with Gasteiger partial charge in [-0.1, -0.05) is 18.2 Å². The molecule has 4 N–H and O–H groups in total. The fraction of sp³-hybridized carbons (Fsp3) is 0.500. The van der Waals surface area contributed by atoms with E-state index < -0.39 is 0 Å². The van der Waals surface area contributed by atoms with E-state index in [1.807, 2.05) is 29.2 Å². The molecule has 1 amide bonds. The maximum Gasteiger partial charge on any atom is 0.238 e. The standard InChI is InChI=1S/C14H21N3O2/c15-9-11-3-1-2-4-13(11)16-14(19)10-17(7-8-18)12-5-6-12/h1-4,12,18H,5-10,15H2,(H,16,19). The molecule has 0 spiro atoms. The van der Waals surface area contributed by atoms with Crippen molar-refractivity contribution < 1.29 is 9.90 Å². The molecule has 0 radical (unpaired) electrons. The normalized spacial score (nSPS) is 14.7.